The molecule has 1 unspecified atom stereocenters. The zero-order valence-corrected chi connectivity index (χ0v) is 22.0. The van der Waals surface area contributed by atoms with Crippen molar-refractivity contribution >= 4 is 38.4 Å². The van der Waals surface area contributed by atoms with Gasteiger partial charge in [-0.25, -0.2) is 8.78 Å². The molecule has 0 aliphatic carbocycles. The zero-order chi connectivity index (χ0) is 25.4. The summed E-state index contributed by atoms with van der Waals surface area (Å²) in [5.74, 6) is -1.27. The van der Waals surface area contributed by atoms with Gasteiger partial charge in [-0.2, -0.15) is 9.97 Å². The third kappa shape index (κ3) is 4.88. The average Bonchev–Trinajstić information content (AvgIpc) is 3.57. The minimum absolute atomic E-state index is 0.0388. The normalized spacial score (nSPS) is 26.9. The Morgan fingerprint density at radius 1 is 1.42 bits per heavy atom. The van der Waals surface area contributed by atoms with Gasteiger partial charge in [0.1, 0.15) is 35.3 Å². The maximum Gasteiger partial charge on any atom is 0.320 e. The Balaban J connectivity index is 1.39. The standard InChI is InChI=1S/C24H28BrClF2N4O4/c1-2-14(29-15-4-7-34-10-15)11-35-21-16-20(19(28)17(25)18(21)26)30-23(31-22(16)33)36-12-24-5-3-6-32(24)9-13(27)8-24/h2,13-15,29H,1,3-12H2,(H,30,31,33)/t13-,14+,15?,24+/m1/s1. The van der Waals surface area contributed by atoms with Gasteiger partial charge in [0.25, 0.3) is 0 Å². The smallest absolute Gasteiger partial charge is 0.320 e. The Kier molecular flexibility index (Phi) is 7.56. The molecule has 0 saturated carbocycles. The molecule has 3 aliphatic rings. The van der Waals surface area contributed by atoms with Gasteiger partial charge in [-0.3, -0.25) is 4.90 Å². The number of hydrogen-bond donors (Lipinski definition) is 2. The van der Waals surface area contributed by atoms with Gasteiger partial charge in [-0.05, 0) is 41.7 Å². The summed E-state index contributed by atoms with van der Waals surface area (Å²) in [7, 11) is 0. The minimum atomic E-state index is -0.912. The number of fused-ring (bicyclic) bond motifs is 2. The van der Waals surface area contributed by atoms with Gasteiger partial charge < -0.3 is 24.6 Å². The van der Waals surface area contributed by atoms with Crippen LogP contribution in [0.3, 0.4) is 0 Å². The molecule has 3 fully saturated rings. The number of aromatic nitrogens is 2. The van der Waals surface area contributed by atoms with Crippen LogP contribution in [-0.2, 0) is 4.74 Å². The van der Waals surface area contributed by atoms with E-state index < -0.39 is 23.4 Å². The molecule has 1 aromatic heterocycles. The van der Waals surface area contributed by atoms with Gasteiger partial charge in [0.15, 0.2) is 11.6 Å². The van der Waals surface area contributed by atoms with Crippen LogP contribution in [0.2, 0.25) is 5.02 Å². The first-order valence-electron chi connectivity index (χ1n) is 12.0. The maximum absolute atomic E-state index is 15.2. The first-order chi connectivity index (χ1) is 17.3. The van der Waals surface area contributed by atoms with Gasteiger partial charge >= 0.3 is 6.01 Å². The number of alkyl halides is 1. The van der Waals surface area contributed by atoms with E-state index in [1.807, 2.05) is 0 Å². The molecule has 2 aromatic rings. The van der Waals surface area contributed by atoms with Crippen molar-refractivity contribution < 1.29 is 28.1 Å². The molecule has 0 amide bonds. The van der Waals surface area contributed by atoms with Crippen molar-refractivity contribution in [3.63, 3.8) is 0 Å². The summed E-state index contributed by atoms with van der Waals surface area (Å²) in [4.78, 5) is 10.3. The van der Waals surface area contributed by atoms with E-state index in [0.29, 0.717) is 26.2 Å². The van der Waals surface area contributed by atoms with Crippen molar-refractivity contribution in [3.05, 3.63) is 28.0 Å². The van der Waals surface area contributed by atoms with Gasteiger partial charge in [0.2, 0.25) is 5.88 Å². The fourth-order valence-corrected chi connectivity index (χ4v) is 5.98. The van der Waals surface area contributed by atoms with E-state index in [9.17, 15) is 9.50 Å². The van der Waals surface area contributed by atoms with Crippen LogP contribution in [0.4, 0.5) is 8.78 Å². The van der Waals surface area contributed by atoms with E-state index in [1.165, 1.54) is 0 Å². The summed E-state index contributed by atoms with van der Waals surface area (Å²) in [5.41, 5.74) is -0.635. The van der Waals surface area contributed by atoms with Crippen LogP contribution in [0.15, 0.2) is 17.1 Å². The SMILES string of the molecule is C=C[C@@H](COc1c(Cl)c(Br)c(F)c2nc(OC[C@@]34CCCN3C[C@H](F)C4)nc(O)c12)NC1CCOC1. The van der Waals surface area contributed by atoms with E-state index >= 15 is 4.39 Å². The summed E-state index contributed by atoms with van der Waals surface area (Å²) in [6.07, 6.45) is 3.78. The van der Waals surface area contributed by atoms with Gasteiger partial charge in [0.05, 0.1) is 22.7 Å². The molecule has 4 atom stereocenters. The Labute approximate surface area is 221 Å². The summed E-state index contributed by atoms with van der Waals surface area (Å²) in [6, 6.07) is -0.269. The molecule has 0 bridgehead atoms. The lowest BCUT2D eigenvalue weighted by molar-refractivity contribution is 0.107. The second-order valence-electron chi connectivity index (χ2n) is 9.57. The molecular formula is C24H28BrClF2N4O4. The molecule has 3 saturated heterocycles. The highest BCUT2D eigenvalue weighted by atomic mass is 79.9. The van der Waals surface area contributed by atoms with Gasteiger partial charge in [-0.1, -0.05) is 17.7 Å². The lowest BCUT2D eigenvalue weighted by atomic mass is 9.95. The second kappa shape index (κ2) is 10.5. The topological polar surface area (TPSA) is 89.0 Å². The Hall–Kier alpha value is -1.79. The molecule has 5 rings (SSSR count). The average molecular weight is 590 g/mol. The first-order valence-corrected chi connectivity index (χ1v) is 13.2. The minimum Gasteiger partial charge on any atom is -0.493 e. The molecule has 0 spiro atoms. The van der Waals surface area contributed by atoms with Crippen LogP contribution < -0.4 is 14.8 Å². The highest BCUT2D eigenvalue weighted by molar-refractivity contribution is 9.10. The Morgan fingerprint density at radius 3 is 3.00 bits per heavy atom. The number of halogens is 4. The molecule has 36 heavy (non-hydrogen) atoms. The third-order valence-corrected chi connectivity index (χ3v) is 8.52. The monoisotopic (exact) mass is 588 g/mol. The summed E-state index contributed by atoms with van der Waals surface area (Å²) in [5, 5.41) is 14.0. The van der Waals surface area contributed by atoms with E-state index in [2.05, 4.69) is 42.7 Å². The van der Waals surface area contributed by atoms with Crippen molar-refractivity contribution in [1.29, 1.82) is 0 Å². The maximum atomic E-state index is 15.2. The fraction of sp³-hybridized carbons (Fsp3) is 0.583. The summed E-state index contributed by atoms with van der Waals surface area (Å²) >= 11 is 9.55. The molecule has 0 radical (unpaired) electrons. The van der Waals surface area contributed by atoms with E-state index in [4.69, 9.17) is 25.8 Å². The second-order valence-corrected chi connectivity index (χ2v) is 10.7. The number of nitrogens with zero attached hydrogens (tertiary/aromatic N) is 3. The van der Waals surface area contributed by atoms with E-state index in [1.54, 1.807) is 6.08 Å². The highest BCUT2D eigenvalue weighted by Gasteiger charge is 2.49. The Bertz CT molecular complexity index is 1160. The molecule has 12 heteroatoms. The van der Waals surface area contributed by atoms with Crippen LogP contribution in [0, 0.1) is 5.82 Å². The molecule has 196 valence electrons. The van der Waals surface area contributed by atoms with Crippen LogP contribution in [-0.4, -0.2) is 83.3 Å². The lowest BCUT2D eigenvalue weighted by Gasteiger charge is -2.30. The highest BCUT2D eigenvalue weighted by Crippen LogP contribution is 2.45. The fourth-order valence-electron chi connectivity index (χ4n) is 5.38. The number of nitrogens with one attached hydrogen (secondary N) is 1. The van der Waals surface area contributed by atoms with E-state index in [-0.39, 0.29) is 57.5 Å². The molecule has 8 nitrogen and oxygen atoms in total. The summed E-state index contributed by atoms with van der Waals surface area (Å²) < 4.78 is 46.4. The van der Waals surface area contributed by atoms with Crippen molar-refractivity contribution in [2.24, 2.45) is 0 Å². The first kappa shape index (κ1) is 25.8. The summed E-state index contributed by atoms with van der Waals surface area (Å²) in [6.45, 7) is 6.57. The Morgan fingerprint density at radius 2 is 2.25 bits per heavy atom. The predicted molar refractivity (Wildman–Crippen MR) is 134 cm³/mol. The van der Waals surface area contributed by atoms with Gasteiger partial charge in [0, 0.05) is 25.6 Å². The third-order valence-electron chi connectivity index (χ3n) is 7.19. The number of rotatable bonds is 9. The largest absolute Gasteiger partial charge is 0.493 e. The lowest BCUT2D eigenvalue weighted by Crippen LogP contribution is -2.43. The number of aromatic hydroxyl groups is 1. The molecule has 2 N–H and O–H groups in total. The van der Waals surface area contributed by atoms with Crippen LogP contribution in [0.1, 0.15) is 25.7 Å². The number of ether oxygens (including phenoxy) is 3. The van der Waals surface area contributed by atoms with Gasteiger partial charge in [-0.15, -0.1) is 6.58 Å². The van der Waals surface area contributed by atoms with Crippen LogP contribution in [0.5, 0.6) is 17.6 Å². The predicted octanol–water partition coefficient (Wildman–Crippen LogP) is 4.16. The quantitative estimate of drug-likeness (QED) is 0.333. The molecule has 1 aromatic carbocycles. The number of hydrogen-bond acceptors (Lipinski definition) is 8. The van der Waals surface area contributed by atoms with Crippen molar-refractivity contribution in [2.45, 2.75) is 49.5 Å². The zero-order valence-electron chi connectivity index (χ0n) is 19.6. The van der Waals surface area contributed by atoms with Crippen molar-refractivity contribution in [1.82, 2.24) is 20.2 Å². The van der Waals surface area contributed by atoms with Crippen molar-refractivity contribution in [2.75, 3.05) is 39.5 Å². The molecule has 4 heterocycles. The van der Waals surface area contributed by atoms with Crippen LogP contribution in [0.25, 0.3) is 10.9 Å². The molecule has 3 aliphatic heterocycles. The van der Waals surface area contributed by atoms with Crippen LogP contribution >= 0.6 is 27.5 Å². The molecular weight excluding hydrogens is 562 g/mol. The number of benzene rings is 1. The van der Waals surface area contributed by atoms with Crippen molar-refractivity contribution in [3.8, 4) is 17.6 Å². The van der Waals surface area contributed by atoms with E-state index in [0.717, 1.165) is 25.8 Å².